The van der Waals surface area contributed by atoms with Crippen molar-refractivity contribution in [3.63, 3.8) is 0 Å². The van der Waals surface area contributed by atoms with Gasteiger partial charge in [0.15, 0.2) is 12.4 Å². The van der Waals surface area contributed by atoms with E-state index in [1.165, 1.54) is 12.1 Å². The van der Waals surface area contributed by atoms with E-state index < -0.39 is 28.4 Å². The van der Waals surface area contributed by atoms with Crippen LogP contribution in [0.1, 0.15) is 20.7 Å². The van der Waals surface area contributed by atoms with Gasteiger partial charge in [0.2, 0.25) is 10.0 Å². The van der Waals surface area contributed by atoms with Crippen LogP contribution in [0, 0.1) is 0 Å². The Balaban J connectivity index is 2.12. The lowest BCUT2D eigenvalue weighted by Gasteiger charge is -2.07. The summed E-state index contributed by atoms with van der Waals surface area (Å²) in [6, 6.07) is 9.91. The summed E-state index contributed by atoms with van der Waals surface area (Å²) in [7, 11) is -3.99. The van der Waals surface area contributed by atoms with Crippen molar-refractivity contribution in [3.05, 3.63) is 63.1 Å². The minimum absolute atomic E-state index is 0.0107. The number of benzene rings is 2. The first-order valence-corrected chi connectivity index (χ1v) is 9.18. The number of hydrogen-bond donors (Lipinski definition) is 1. The normalized spacial score (nSPS) is 11.1. The molecule has 6 nitrogen and oxygen atoms in total. The van der Waals surface area contributed by atoms with Gasteiger partial charge in [0.05, 0.1) is 15.5 Å². The minimum atomic E-state index is -3.99. The number of ketones is 1. The predicted molar refractivity (Wildman–Crippen MR) is 91.6 cm³/mol. The fourth-order valence-corrected chi connectivity index (χ4v) is 2.76. The largest absolute Gasteiger partial charge is 0.454 e. The predicted octanol–water partition coefficient (Wildman–Crippen LogP) is 2.79. The van der Waals surface area contributed by atoms with Gasteiger partial charge in [-0.3, -0.25) is 4.79 Å². The van der Waals surface area contributed by atoms with Gasteiger partial charge in [0, 0.05) is 10.0 Å². The van der Waals surface area contributed by atoms with Crippen molar-refractivity contribution >= 4 is 49.3 Å². The van der Waals surface area contributed by atoms with Gasteiger partial charge in [0.1, 0.15) is 0 Å². The lowest BCUT2D eigenvalue weighted by Crippen LogP contribution is -2.16. The standard InChI is InChI=1S/C15H11BrClNO5S/c16-10-3-1-9(2-4-10)14(19)8-23-15(20)12-7-11(24(18,21)22)5-6-13(12)17/h1-7H,8H2,(H2,18,21,22). The molecule has 9 heteroatoms. The van der Waals surface area contributed by atoms with Crippen LogP contribution in [0.3, 0.4) is 0 Å². The van der Waals surface area contributed by atoms with E-state index in [4.69, 9.17) is 21.5 Å². The molecule has 2 N–H and O–H groups in total. The lowest BCUT2D eigenvalue weighted by molar-refractivity contribution is 0.0474. The number of carbonyl (C=O) groups is 2. The molecule has 2 rings (SSSR count). The number of halogens is 2. The first-order chi connectivity index (χ1) is 11.2. The van der Waals surface area contributed by atoms with E-state index in [9.17, 15) is 18.0 Å². The van der Waals surface area contributed by atoms with Crippen molar-refractivity contribution in [3.8, 4) is 0 Å². The summed E-state index contributed by atoms with van der Waals surface area (Å²) in [6.07, 6.45) is 0. The molecule has 0 heterocycles. The number of sulfonamides is 1. The van der Waals surface area contributed by atoms with E-state index in [1.807, 2.05) is 0 Å². The number of primary sulfonamides is 1. The van der Waals surface area contributed by atoms with Crippen molar-refractivity contribution in [2.75, 3.05) is 6.61 Å². The maximum absolute atomic E-state index is 12.0. The van der Waals surface area contributed by atoms with Crippen molar-refractivity contribution in [1.82, 2.24) is 0 Å². The van der Waals surface area contributed by atoms with Crippen molar-refractivity contribution in [2.24, 2.45) is 5.14 Å². The Hall–Kier alpha value is -1.74. The molecule has 0 radical (unpaired) electrons. The van der Waals surface area contributed by atoms with Crippen LogP contribution in [0.15, 0.2) is 51.8 Å². The number of hydrogen-bond acceptors (Lipinski definition) is 5. The summed E-state index contributed by atoms with van der Waals surface area (Å²) >= 11 is 9.11. The Morgan fingerprint density at radius 1 is 1.12 bits per heavy atom. The first-order valence-electron chi connectivity index (χ1n) is 6.47. The summed E-state index contributed by atoms with van der Waals surface area (Å²) in [4.78, 5) is 23.7. The molecule has 0 fully saturated rings. The Bertz CT molecular complexity index is 897. The third-order valence-electron chi connectivity index (χ3n) is 2.99. The van der Waals surface area contributed by atoms with E-state index >= 15 is 0 Å². The second-order valence-corrected chi connectivity index (χ2v) is 7.58. The second-order valence-electron chi connectivity index (χ2n) is 4.69. The molecule has 2 aromatic carbocycles. The zero-order valence-electron chi connectivity index (χ0n) is 12.0. The Morgan fingerprint density at radius 2 is 1.75 bits per heavy atom. The van der Waals surface area contributed by atoms with Gasteiger partial charge in [-0.1, -0.05) is 39.7 Å². The number of rotatable bonds is 5. The molecule has 0 aliphatic carbocycles. The number of nitrogens with two attached hydrogens (primary N) is 1. The highest BCUT2D eigenvalue weighted by molar-refractivity contribution is 9.10. The van der Waals surface area contributed by atoms with Gasteiger partial charge >= 0.3 is 5.97 Å². The maximum atomic E-state index is 12.0. The summed E-state index contributed by atoms with van der Waals surface area (Å²) < 4.78 is 28.4. The summed E-state index contributed by atoms with van der Waals surface area (Å²) in [6.45, 7) is -0.504. The van der Waals surface area contributed by atoms with Gasteiger partial charge in [-0.25, -0.2) is 18.4 Å². The second kappa shape index (κ2) is 7.43. The first kappa shape index (κ1) is 18.6. The van der Waals surface area contributed by atoms with E-state index in [-0.39, 0.29) is 15.5 Å². The van der Waals surface area contributed by atoms with Gasteiger partial charge in [-0.05, 0) is 30.3 Å². The molecule has 0 spiro atoms. The minimum Gasteiger partial charge on any atom is -0.454 e. The molecular weight excluding hydrogens is 422 g/mol. The van der Waals surface area contributed by atoms with Crippen LogP contribution in [0.25, 0.3) is 0 Å². The molecule has 0 atom stereocenters. The van der Waals surface area contributed by atoms with E-state index in [1.54, 1.807) is 24.3 Å². The average Bonchev–Trinajstić information content (AvgIpc) is 2.52. The quantitative estimate of drug-likeness (QED) is 0.578. The van der Waals surface area contributed by atoms with Gasteiger partial charge < -0.3 is 4.74 Å². The molecule has 0 aliphatic rings. The fourth-order valence-electron chi connectivity index (χ4n) is 1.77. The molecule has 0 bridgehead atoms. The van der Waals surface area contributed by atoms with Gasteiger partial charge in [0.25, 0.3) is 0 Å². The number of Topliss-reactive ketones (excluding diaryl/α,β-unsaturated/α-hetero) is 1. The van der Waals surface area contributed by atoms with Crippen LogP contribution in [0.2, 0.25) is 5.02 Å². The van der Waals surface area contributed by atoms with E-state index in [2.05, 4.69) is 15.9 Å². The monoisotopic (exact) mass is 431 g/mol. The zero-order valence-corrected chi connectivity index (χ0v) is 15.2. The van der Waals surface area contributed by atoms with Crippen molar-refractivity contribution < 1.29 is 22.7 Å². The van der Waals surface area contributed by atoms with Crippen LogP contribution >= 0.6 is 27.5 Å². The SMILES string of the molecule is NS(=O)(=O)c1ccc(Cl)c(C(=O)OCC(=O)c2ccc(Br)cc2)c1. The summed E-state index contributed by atoms with van der Waals surface area (Å²) in [5.41, 5.74) is 0.183. The Morgan fingerprint density at radius 3 is 2.33 bits per heavy atom. The van der Waals surface area contributed by atoms with E-state index in [0.29, 0.717) is 5.56 Å². The highest BCUT2D eigenvalue weighted by atomic mass is 79.9. The smallest absolute Gasteiger partial charge is 0.340 e. The van der Waals surface area contributed by atoms with Crippen LogP contribution in [-0.2, 0) is 14.8 Å². The van der Waals surface area contributed by atoms with Crippen molar-refractivity contribution in [1.29, 1.82) is 0 Å². The number of ether oxygens (including phenoxy) is 1. The summed E-state index contributed by atoms with van der Waals surface area (Å²) in [5.74, 6) is -1.33. The molecule has 0 saturated carbocycles. The van der Waals surface area contributed by atoms with Crippen LogP contribution < -0.4 is 5.14 Å². The average molecular weight is 433 g/mol. The molecule has 24 heavy (non-hydrogen) atoms. The highest BCUT2D eigenvalue weighted by Crippen LogP contribution is 2.21. The van der Waals surface area contributed by atoms with Gasteiger partial charge in [-0.2, -0.15) is 0 Å². The Kier molecular flexibility index (Phi) is 5.76. The highest BCUT2D eigenvalue weighted by Gasteiger charge is 2.18. The topological polar surface area (TPSA) is 104 Å². The molecule has 0 aromatic heterocycles. The molecule has 0 amide bonds. The molecule has 0 unspecified atom stereocenters. The molecular formula is C15H11BrClNO5S. The van der Waals surface area contributed by atoms with Crippen LogP contribution in [0.5, 0.6) is 0 Å². The molecule has 126 valence electrons. The molecule has 2 aromatic rings. The van der Waals surface area contributed by atoms with E-state index in [0.717, 1.165) is 10.5 Å². The molecule has 0 saturated heterocycles. The number of carbonyl (C=O) groups excluding carboxylic acids is 2. The van der Waals surface area contributed by atoms with Crippen LogP contribution in [-0.4, -0.2) is 26.8 Å². The maximum Gasteiger partial charge on any atom is 0.340 e. The zero-order chi connectivity index (χ0) is 17.9. The third kappa shape index (κ3) is 4.64. The number of esters is 1. The summed E-state index contributed by atoms with van der Waals surface area (Å²) in [5, 5.41) is 4.99. The van der Waals surface area contributed by atoms with Gasteiger partial charge in [-0.15, -0.1) is 0 Å². The third-order valence-corrected chi connectivity index (χ3v) is 4.76. The molecule has 0 aliphatic heterocycles. The fraction of sp³-hybridized carbons (Fsp3) is 0.0667. The van der Waals surface area contributed by atoms with Crippen molar-refractivity contribution in [2.45, 2.75) is 4.90 Å². The Labute approximate surface area is 151 Å². The lowest BCUT2D eigenvalue weighted by atomic mass is 10.1. The van der Waals surface area contributed by atoms with Crippen LogP contribution in [0.4, 0.5) is 0 Å².